The molecule has 5 heteroatoms. The van der Waals surface area contributed by atoms with E-state index >= 15 is 0 Å². The molecule has 1 aromatic carbocycles. The van der Waals surface area contributed by atoms with Crippen molar-refractivity contribution in [2.75, 3.05) is 18.9 Å². The molecule has 3 heterocycles. The van der Waals surface area contributed by atoms with Crippen LogP contribution < -0.4 is 10.5 Å². The minimum atomic E-state index is 0.397. The van der Waals surface area contributed by atoms with Crippen LogP contribution in [0.25, 0.3) is 16.9 Å². The standard InChI is InChI=1S/C28H36N4O/c1-19(2)16-33-23-9-6-20(7-10-23)26-24(32-14-21(29)8-11-25(32)30-26)15-31-18-28(5)13-22(31)12-27(3,4)17-28/h6-11,14,22H,1,12-13,15-18,29H2,2-5H3. The maximum absolute atomic E-state index is 6.18. The van der Waals surface area contributed by atoms with Gasteiger partial charge in [-0.2, -0.15) is 0 Å². The molecule has 5 nitrogen and oxygen atoms in total. The fraction of sp³-hybridized carbons (Fsp3) is 0.464. The van der Waals surface area contributed by atoms with Crippen LogP contribution >= 0.6 is 0 Å². The molecule has 1 saturated carbocycles. The molecule has 0 spiro atoms. The van der Waals surface area contributed by atoms with Gasteiger partial charge in [0, 0.05) is 36.6 Å². The molecule has 5 rings (SSSR count). The highest BCUT2D eigenvalue weighted by Gasteiger charge is 2.49. The largest absolute Gasteiger partial charge is 0.489 e. The van der Waals surface area contributed by atoms with Gasteiger partial charge in [0.15, 0.2) is 0 Å². The zero-order valence-electron chi connectivity index (χ0n) is 20.4. The number of hydrogen-bond acceptors (Lipinski definition) is 4. The number of nitrogens with two attached hydrogens (primary N) is 1. The van der Waals surface area contributed by atoms with Crippen molar-refractivity contribution in [3.05, 3.63) is 60.4 Å². The van der Waals surface area contributed by atoms with Gasteiger partial charge in [-0.05, 0) is 79.0 Å². The van der Waals surface area contributed by atoms with Crippen LogP contribution in [0.4, 0.5) is 5.69 Å². The van der Waals surface area contributed by atoms with Gasteiger partial charge in [-0.3, -0.25) is 4.90 Å². The third-order valence-electron chi connectivity index (χ3n) is 7.23. The monoisotopic (exact) mass is 444 g/mol. The number of ether oxygens (including phenoxy) is 1. The molecule has 2 atom stereocenters. The van der Waals surface area contributed by atoms with Gasteiger partial charge in [0.2, 0.25) is 0 Å². The number of nitrogens with zero attached hydrogens (tertiary/aromatic N) is 3. The Labute approximate surface area is 197 Å². The topological polar surface area (TPSA) is 55.8 Å². The third kappa shape index (κ3) is 4.39. The first-order chi connectivity index (χ1) is 15.6. The molecule has 2 fully saturated rings. The Kier molecular flexibility index (Phi) is 5.28. The fourth-order valence-corrected chi connectivity index (χ4v) is 6.36. The maximum Gasteiger partial charge on any atom is 0.137 e. The molecule has 1 saturated heterocycles. The number of benzene rings is 1. The highest BCUT2D eigenvalue weighted by atomic mass is 16.5. The highest BCUT2D eigenvalue weighted by molar-refractivity contribution is 5.68. The Balaban J connectivity index is 1.50. The summed E-state index contributed by atoms with van der Waals surface area (Å²) in [5.41, 5.74) is 13.0. The number of likely N-dealkylation sites (tertiary alicyclic amines) is 1. The summed E-state index contributed by atoms with van der Waals surface area (Å²) in [5, 5.41) is 0. The van der Waals surface area contributed by atoms with E-state index in [2.05, 4.69) is 48.8 Å². The van der Waals surface area contributed by atoms with Crippen molar-refractivity contribution >= 4 is 11.3 Å². The van der Waals surface area contributed by atoms with Crippen molar-refractivity contribution < 1.29 is 4.74 Å². The van der Waals surface area contributed by atoms with Gasteiger partial charge < -0.3 is 14.9 Å². The summed E-state index contributed by atoms with van der Waals surface area (Å²) in [5.74, 6) is 0.847. The van der Waals surface area contributed by atoms with Crippen LogP contribution in [0, 0.1) is 10.8 Å². The van der Waals surface area contributed by atoms with Gasteiger partial charge in [-0.25, -0.2) is 4.98 Å². The van der Waals surface area contributed by atoms with Gasteiger partial charge in [-0.15, -0.1) is 0 Å². The van der Waals surface area contributed by atoms with Gasteiger partial charge in [0.05, 0.1) is 11.4 Å². The second kappa shape index (κ2) is 7.91. The smallest absolute Gasteiger partial charge is 0.137 e. The van der Waals surface area contributed by atoms with E-state index in [1.54, 1.807) is 0 Å². The lowest BCUT2D eigenvalue weighted by molar-refractivity contribution is 0.126. The lowest BCUT2D eigenvalue weighted by atomic mass is 9.65. The van der Waals surface area contributed by atoms with Crippen LogP contribution in [0.1, 0.15) is 52.7 Å². The van der Waals surface area contributed by atoms with Crippen LogP contribution in [-0.4, -0.2) is 33.5 Å². The summed E-state index contributed by atoms with van der Waals surface area (Å²) in [6.45, 7) is 15.8. The van der Waals surface area contributed by atoms with Crippen molar-refractivity contribution in [2.45, 2.75) is 59.5 Å². The van der Waals surface area contributed by atoms with Crippen molar-refractivity contribution in [3.8, 4) is 17.0 Å². The number of aromatic nitrogens is 2. The normalized spacial score (nSPS) is 24.3. The Morgan fingerprint density at radius 1 is 1.15 bits per heavy atom. The SMILES string of the molecule is C=C(C)COc1ccc(-c2nc3ccc(N)cn3c2CN2CC3(C)CC2CC(C)(C)C3)cc1. The number of anilines is 1. The molecular formula is C28H36N4O. The van der Waals surface area contributed by atoms with Crippen LogP contribution in [0.2, 0.25) is 0 Å². The Morgan fingerprint density at radius 3 is 2.64 bits per heavy atom. The van der Waals surface area contributed by atoms with E-state index in [9.17, 15) is 0 Å². The van der Waals surface area contributed by atoms with Crippen molar-refractivity contribution in [1.82, 2.24) is 14.3 Å². The highest BCUT2D eigenvalue weighted by Crippen LogP contribution is 2.53. The van der Waals surface area contributed by atoms with E-state index in [4.69, 9.17) is 15.5 Å². The zero-order chi connectivity index (χ0) is 23.4. The summed E-state index contributed by atoms with van der Waals surface area (Å²) in [6.07, 6.45) is 5.86. The van der Waals surface area contributed by atoms with Gasteiger partial charge >= 0.3 is 0 Å². The number of imidazole rings is 1. The Morgan fingerprint density at radius 2 is 1.91 bits per heavy atom. The molecule has 1 aliphatic heterocycles. The molecule has 33 heavy (non-hydrogen) atoms. The van der Waals surface area contributed by atoms with Crippen molar-refractivity contribution in [1.29, 1.82) is 0 Å². The predicted octanol–water partition coefficient (Wildman–Crippen LogP) is 5.94. The molecule has 1 aliphatic carbocycles. The Bertz CT molecular complexity index is 1190. The summed E-state index contributed by atoms with van der Waals surface area (Å²) in [6, 6.07) is 12.8. The summed E-state index contributed by atoms with van der Waals surface area (Å²) >= 11 is 0. The first kappa shape index (κ1) is 22.0. The number of rotatable bonds is 6. The molecule has 2 aromatic heterocycles. The lowest BCUT2D eigenvalue weighted by Gasteiger charge is -2.40. The summed E-state index contributed by atoms with van der Waals surface area (Å²) < 4.78 is 7.99. The molecule has 3 aromatic rings. The molecule has 2 aliphatic rings. The lowest BCUT2D eigenvalue weighted by Crippen LogP contribution is -2.34. The number of hydrogen-bond donors (Lipinski definition) is 1. The van der Waals surface area contributed by atoms with Gasteiger partial charge in [0.25, 0.3) is 0 Å². The molecule has 2 unspecified atom stereocenters. The predicted molar refractivity (Wildman–Crippen MR) is 135 cm³/mol. The first-order valence-corrected chi connectivity index (χ1v) is 12.0. The average molecular weight is 445 g/mol. The summed E-state index contributed by atoms with van der Waals surface area (Å²) in [7, 11) is 0. The second-order valence-electron chi connectivity index (χ2n) is 11.5. The van der Waals surface area contributed by atoms with Crippen LogP contribution in [0.3, 0.4) is 0 Å². The zero-order valence-corrected chi connectivity index (χ0v) is 20.4. The minimum Gasteiger partial charge on any atom is -0.489 e. The third-order valence-corrected chi connectivity index (χ3v) is 7.23. The first-order valence-electron chi connectivity index (χ1n) is 12.0. The van der Waals surface area contributed by atoms with Gasteiger partial charge in [-0.1, -0.05) is 27.4 Å². The summed E-state index contributed by atoms with van der Waals surface area (Å²) in [4.78, 5) is 7.72. The maximum atomic E-state index is 6.18. The second-order valence-corrected chi connectivity index (χ2v) is 11.5. The fourth-order valence-electron chi connectivity index (χ4n) is 6.36. The van der Waals surface area contributed by atoms with E-state index in [0.717, 1.165) is 47.0 Å². The number of fused-ring (bicyclic) bond motifs is 3. The van der Waals surface area contributed by atoms with Gasteiger partial charge in [0.1, 0.15) is 18.0 Å². The molecular weight excluding hydrogens is 408 g/mol. The van der Waals surface area contributed by atoms with E-state index in [1.807, 2.05) is 37.4 Å². The molecule has 0 amide bonds. The van der Waals surface area contributed by atoms with Crippen LogP contribution in [-0.2, 0) is 6.54 Å². The molecule has 174 valence electrons. The quantitative estimate of drug-likeness (QED) is 0.478. The van der Waals surface area contributed by atoms with E-state index in [-0.39, 0.29) is 0 Å². The van der Waals surface area contributed by atoms with E-state index in [1.165, 1.54) is 25.0 Å². The Hall–Kier alpha value is -2.79. The number of pyridine rings is 1. The molecule has 0 radical (unpaired) electrons. The molecule has 2 bridgehead atoms. The van der Waals surface area contributed by atoms with E-state index < -0.39 is 0 Å². The average Bonchev–Trinajstić information content (AvgIpc) is 3.19. The van der Waals surface area contributed by atoms with E-state index in [0.29, 0.717) is 23.5 Å². The minimum absolute atomic E-state index is 0.397. The van der Waals surface area contributed by atoms with Crippen molar-refractivity contribution in [2.24, 2.45) is 10.8 Å². The molecule has 2 N–H and O–H groups in total. The number of nitrogen functional groups attached to an aromatic ring is 1. The van der Waals surface area contributed by atoms with Crippen LogP contribution in [0.15, 0.2) is 54.7 Å². The van der Waals surface area contributed by atoms with Crippen molar-refractivity contribution in [3.63, 3.8) is 0 Å². The van der Waals surface area contributed by atoms with Crippen LogP contribution in [0.5, 0.6) is 5.75 Å².